The van der Waals surface area contributed by atoms with Crippen LogP contribution >= 0.6 is 0 Å². The predicted octanol–water partition coefficient (Wildman–Crippen LogP) is 13.3. The number of benzene rings is 2. The molecule has 0 amide bonds. The van der Waals surface area contributed by atoms with Gasteiger partial charge in [0.2, 0.25) is 0 Å². The summed E-state index contributed by atoms with van der Waals surface area (Å²) in [5.41, 5.74) is 3.08. The second-order valence-electron chi connectivity index (χ2n) is 15.1. The Kier molecular flexibility index (Phi) is 13.8. The average molecular weight is 621 g/mol. The van der Waals surface area contributed by atoms with E-state index in [0.29, 0.717) is 23.1 Å². The highest BCUT2D eigenvalue weighted by Gasteiger charge is 2.31. The molecule has 1 nitrogen and oxygen atoms in total. The van der Waals surface area contributed by atoms with Crippen LogP contribution in [0.5, 0.6) is 0 Å². The van der Waals surface area contributed by atoms with Gasteiger partial charge in [-0.25, -0.2) is 8.78 Å². The maximum Gasteiger partial charge on any atom is 0.131 e. The summed E-state index contributed by atoms with van der Waals surface area (Å²) in [6.07, 6.45) is 27.1. The molecule has 5 rings (SSSR count). The zero-order valence-electron chi connectivity index (χ0n) is 28.6. The van der Waals surface area contributed by atoms with Crippen molar-refractivity contribution in [2.75, 3.05) is 6.61 Å². The summed E-state index contributed by atoms with van der Waals surface area (Å²) in [5.74, 6) is 3.03. The molecular weight excluding hydrogens is 558 g/mol. The van der Waals surface area contributed by atoms with Gasteiger partial charge >= 0.3 is 0 Å². The molecule has 0 unspecified atom stereocenters. The third-order valence-electron chi connectivity index (χ3n) is 12.0. The Morgan fingerprint density at radius 3 is 1.91 bits per heavy atom. The lowest BCUT2D eigenvalue weighted by Gasteiger charge is -2.38. The molecular formula is C42H62F2O. The normalized spacial score (nSPS) is 27.5. The van der Waals surface area contributed by atoms with Crippen LogP contribution in [0.25, 0.3) is 11.1 Å². The first-order chi connectivity index (χ1) is 22.1. The molecule has 2 aromatic carbocycles. The van der Waals surface area contributed by atoms with Crippen molar-refractivity contribution in [3.8, 4) is 11.1 Å². The van der Waals surface area contributed by atoms with Crippen molar-refractivity contribution in [2.45, 2.75) is 167 Å². The summed E-state index contributed by atoms with van der Waals surface area (Å²) >= 11 is 0. The number of unbranched alkanes of at least 4 members (excludes halogenated alkanes) is 6. The Morgan fingerprint density at radius 1 is 0.600 bits per heavy atom. The maximum atomic E-state index is 15.5. The summed E-state index contributed by atoms with van der Waals surface area (Å²) < 4.78 is 36.8. The van der Waals surface area contributed by atoms with Gasteiger partial charge in [-0.3, -0.25) is 0 Å². The number of ether oxygens (including phenoxy) is 1. The lowest BCUT2D eigenvalue weighted by atomic mass is 9.68. The number of rotatable bonds is 15. The fraction of sp³-hybridized carbons (Fsp3) is 0.714. The second kappa shape index (κ2) is 18.0. The van der Waals surface area contributed by atoms with Gasteiger partial charge in [-0.15, -0.1) is 0 Å². The van der Waals surface area contributed by atoms with E-state index in [1.807, 2.05) is 18.2 Å². The molecule has 0 spiro atoms. The molecule has 0 bridgehead atoms. The SMILES string of the molecule is CCCCCCCCC1CCC(C2CCC(c3ccc(-c4ccc(C5CCC(OCCCC)CC5)c(F)c4)c(F)c3)CC2)CC1. The lowest BCUT2D eigenvalue weighted by Crippen LogP contribution is -2.25. The van der Waals surface area contributed by atoms with Crippen LogP contribution in [0.2, 0.25) is 0 Å². The molecule has 0 heterocycles. The Balaban J connectivity index is 1.06. The van der Waals surface area contributed by atoms with Crippen molar-refractivity contribution < 1.29 is 13.5 Å². The zero-order chi connectivity index (χ0) is 31.4. The van der Waals surface area contributed by atoms with Crippen molar-refractivity contribution in [3.05, 3.63) is 59.2 Å². The Labute approximate surface area is 274 Å². The minimum absolute atomic E-state index is 0.193. The van der Waals surface area contributed by atoms with Gasteiger partial charge in [0.1, 0.15) is 11.6 Å². The third kappa shape index (κ3) is 9.88. The average Bonchev–Trinajstić information content (AvgIpc) is 3.07. The van der Waals surface area contributed by atoms with Gasteiger partial charge in [-0.05, 0) is 129 Å². The van der Waals surface area contributed by atoms with Crippen LogP contribution in [-0.4, -0.2) is 12.7 Å². The molecule has 3 aliphatic rings. The van der Waals surface area contributed by atoms with Crippen molar-refractivity contribution >= 4 is 0 Å². The van der Waals surface area contributed by atoms with Crippen LogP contribution < -0.4 is 0 Å². The van der Waals surface area contributed by atoms with E-state index in [9.17, 15) is 0 Å². The van der Waals surface area contributed by atoms with Crippen molar-refractivity contribution in [2.24, 2.45) is 17.8 Å². The monoisotopic (exact) mass is 620 g/mol. The summed E-state index contributed by atoms with van der Waals surface area (Å²) in [6, 6.07) is 11.2. The summed E-state index contributed by atoms with van der Waals surface area (Å²) in [7, 11) is 0. The topological polar surface area (TPSA) is 9.23 Å². The molecule has 250 valence electrons. The largest absolute Gasteiger partial charge is 0.378 e. The number of hydrogen-bond donors (Lipinski definition) is 0. The van der Waals surface area contributed by atoms with Gasteiger partial charge in [-0.2, -0.15) is 0 Å². The smallest absolute Gasteiger partial charge is 0.131 e. The van der Waals surface area contributed by atoms with Crippen LogP contribution in [0, 0.1) is 29.4 Å². The minimum Gasteiger partial charge on any atom is -0.378 e. The van der Waals surface area contributed by atoms with Crippen LogP contribution in [0.1, 0.15) is 172 Å². The summed E-state index contributed by atoms with van der Waals surface area (Å²) in [6.45, 7) is 5.31. The van der Waals surface area contributed by atoms with Crippen LogP contribution in [0.15, 0.2) is 36.4 Å². The molecule has 0 aliphatic heterocycles. The number of hydrogen-bond acceptors (Lipinski definition) is 1. The Bertz CT molecular complexity index is 1140. The molecule has 2 aromatic rings. The molecule has 3 fully saturated rings. The highest BCUT2D eigenvalue weighted by molar-refractivity contribution is 5.65. The van der Waals surface area contributed by atoms with Gasteiger partial charge < -0.3 is 4.74 Å². The van der Waals surface area contributed by atoms with Gasteiger partial charge in [0, 0.05) is 12.2 Å². The zero-order valence-corrected chi connectivity index (χ0v) is 28.6. The van der Waals surface area contributed by atoms with E-state index < -0.39 is 0 Å². The molecule has 0 atom stereocenters. The maximum absolute atomic E-state index is 15.5. The molecule has 3 aliphatic carbocycles. The number of halogens is 2. The molecule has 0 saturated heterocycles. The van der Waals surface area contributed by atoms with Crippen LogP contribution in [0.3, 0.4) is 0 Å². The van der Waals surface area contributed by atoms with Gasteiger partial charge in [-0.1, -0.05) is 102 Å². The molecule has 3 heteroatoms. The van der Waals surface area contributed by atoms with E-state index in [1.54, 1.807) is 12.1 Å². The highest BCUT2D eigenvalue weighted by atomic mass is 19.1. The second-order valence-corrected chi connectivity index (χ2v) is 15.1. The van der Waals surface area contributed by atoms with E-state index >= 15 is 8.78 Å². The summed E-state index contributed by atoms with van der Waals surface area (Å²) in [4.78, 5) is 0. The van der Waals surface area contributed by atoms with E-state index in [2.05, 4.69) is 19.9 Å². The molecule has 45 heavy (non-hydrogen) atoms. The first kappa shape index (κ1) is 34.6. The van der Waals surface area contributed by atoms with E-state index in [4.69, 9.17) is 4.74 Å². The van der Waals surface area contributed by atoms with Crippen LogP contribution in [0.4, 0.5) is 8.78 Å². The van der Waals surface area contributed by atoms with Gasteiger partial charge in [0.15, 0.2) is 0 Å². The van der Waals surface area contributed by atoms with Crippen LogP contribution in [-0.2, 0) is 4.74 Å². The highest BCUT2D eigenvalue weighted by Crippen LogP contribution is 2.45. The first-order valence-corrected chi connectivity index (χ1v) is 19.3. The van der Waals surface area contributed by atoms with Gasteiger partial charge in [0.25, 0.3) is 0 Å². The van der Waals surface area contributed by atoms with Gasteiger partial charge in [0.05, 0.1) is 6.10 Å². The van der Waals surface area contributed by atoms with Crippen molar-refractivity contribution in [3.63, 3.8) is 0 Å². The van der Waals surface area contributed by atoms with Crippen molar-refractivity contribution in [1.82, 2.24) is 0 Å². The standard InChI is InChI=1S/C42H62F2O/c1-3-5-7-8-9-10-11-31-12-14-32(15-13-31)33-16-18-34(19-17-33)36-22-26-40(41(43)29-36)37-23-27-39(42(44)30-37)35-20-24-38(25-21-35)45-28-6-4-2/h22-23,26-27,29-35,38H,3-21,24-25,28H2,1-2H3. The first-order valence-electron chi connectivity index (χ1n) is 19.3. The quantitative estimate of drug-likeness (QED) is 0.180. The Morgan fingerprint density at radius 2 is 1.24 bits per heavy atom. The van der Waals surface area contributed by atoms with E-state index in [1.165, 1.54) is 96.3 Å². The fourth-order valence-electron chi connectivity index (χ4n) is 9.07. The molecule has 0 radical (unpaired) electrons. The fourth-order valence-corrected chi connectivity index (χ4v) is 9.07. The third-order valence-corrected chi connectivity index (χ3v) is 12.0. The molecule has 3 saturated carbocycles. The van der Waals surface area contributed by atoms with E-state index in [0.717, 1.165) is 74.0 Å². The predicted molar refractivity (Wildman–Crippen MR) is 186 cm³/mol. The minimum atomic E-state index is -0.213. The summed E-state index contributed by atoms with van der Waals surface area (Å²) in [5, 5.41) is 0. The van der Waals surface area contributed by atoms with Crippen molar-refractivity contribution in [1.29, 1.82) is 0 Å². The Hall–Kier alpha value is -1.74. The lowest BCUT2D eigenvalue weighted by molar-refractivity contribution is 0.0230. The molecule has 0 N–H and O–H groups in total. The molecule has 0 aromatic heterocycles. The van der Waals surface area contributed by atoms with E-state index in [-0.39, 0.29) is 17.6 Å².